The van der Waals surface area contributed by atoms with E-state index in [4.69, 9.17) is 0 Å². The Labute approximate surface area is 244 Å². The first-order chi connectivity index (χ1) is 19.2. The highest BCUT2D eigenvalue weighted by Crippen LogP contribution is 2.14. The second kappa shape index (κ2) is 31.7. The Morgan fingerprint density at radius 3 is 1.41 bits per heavy atom. The van der Waals surface area contributed by atoms with E-state index in [1.165, 1.54) is 140 Å². The molecule has 2 N–H and O–H groups in total. The molecule has 1 unspecified atom stereocenters. The monoisotopic (exact) mass is 552 g/mol. The summed E-state index contributed by atoms with van der Waals surface area (Å²) in [4.78, 5) is 13.9. The van der Waals surface area contributed by atoms with Gasteiger partial charge in [0.1, 0.15) is 6.73 Å². The second-order valence-electron chi connectivity index (χ2n) is 11.9. The summed E-state index contributed by atoms with van der Waals surface area (Å²) in [5, 5.41) is 20.0. The lowest BCUT2D eigenvalue weighted by atomic mass is 10.0. The minimum absolute atomic E-state index is 0.0242. The summed E-state index contributed by atoms with van der Waals surface area (Å²) < 4.78 is 0. The SMILES string of the molecule is CCCCCCCC/C=C\CCCCCCCC(=O)N(CO)CC(O)CCCCCCCCCCCCCC. The number of amides is 1. The molecule has 0 saturated heterocycles. The molecule has 0 aliphatic carbocycles. The van der Waals surface area contributed by atoms with Gasteiger partial charge in [0.2, 0.25) is 5.91 Å². The predicted octanol–water partition coefficient (Wildman–Crippen LogP) is 10.3. The van der Waals surface area contributed by atoms with Crippen molar-refractivity contribution >= 4 is 5.91 Å². The summed E-state index contributed by atoms with van der Waals surface area (Å²) in [5.41, 5.74) is 0. The maximum absolute atomic E-state index is 12.5. The smallest absolute Gasteiger partial charge is 0.224 e. The van der Waals surface area contributed by atoms with Crippen LogP contribution in [0.15, 0.2) is 12.2 Å². The third kappa shape index (κ3) is 28.5. The molecule has 0 aliphatic rings. The van der Waals surface area contributed by atoms with Crippen LogP contribution < -0.4 is 0 Å². The first kappa shape index (κ1) is 38.1. The van der Waals surface area contributed by atoms with Gasteiger partial charge in [-0.2, -0.15) is 0 Å². The number of aliphatic hydroxyl groups is 2. The van der Waals surface area contributed by atoms with Gasteiger partial charge in [0.25, 0.3) is 0 Å². The predicted molar refractivity (Wildman–Crippen MR) is 170 cm³/mol. The van der Waals surface area contributed by atoms with Crippen LogP contribution in [-0.2, 0) is 4.79 Å². The summed E-state index contributed by atoms with van der Waals surface area (Å²) in [6, 6.07) is 0. The summed E-state index contributed by atoms with van der Waals surface area (Å²) in [5.74, 6) is -0.0242. The highest BCUT2D eigenvalue weighted by atomic mass is 16.3. The van der Waals surface area contributed by atoms with Crippen molar-refractivity contribution in [3.05, 3.63) is 12.2 Å². The standard InChI is InChI=1S/C35H69NO3/c1-3-5-7-9-11-13-15-17-18-19-21-23-25-27-29-31-35(39)36(33-37)32-34(38)30-28-26-24-22-20-16-14-12-10-8-6-4-2/h17-18,34,37-38H,3-16,19-33H2,1-2H3/b18-17-. The molecule has 4 heteroatoms. The lowest BCUT2D eigenvalue weighted by Gasteiger charge is -2.23. The molecular weight excluding hydrogens is 482 g/mol. The maximum atomic E-state index is 12.5. The molecular formula is C35H69NO3. The quantitative estimate of drug-likeness (QED) is 0.0512. The Kier molecular flexibility index (Phi) is 30.9. The lowest BCUT2D eigenvalue weighted by Crippen LogP contribution is -2.38. The fourth-order valence-electron chi connectivity index (χ4n) is 5.31. The van der Waals surface area contributed by atoms with E-state index < -0.39 is 6.10 Å². The van der Waals surface area contributed by atoms with E-state index in [0.29, 0.717) is 12.8 Å². The molecule has 0 fully saturated rings. The minimum Gasteiger partial charge on any atom is -0.391 e. The number of nitrogens with zero attached hydrogens (tertiary/aromatic N) is 1. The van der Waals surface area contributed by atoms with Crippen LogP contribution in [0.5, 0.6) is 0 Å². The number of hydrogen-bond donors (Lipinski definition) is 2. The van der Waals surface area contributed by atoms with E-state index in [0.717, 1.165) is 25.7 Å². The maximum Gasteiger partial charge on any atom is 0.224 e. The van der Waals surface area contributed by atoms with E-state index >= 15 is 0 Å². The summed E-state index contributed by atoms with van der Waals surface area (Å²) >= 11 is 0. The number of hydrogen-bond acceptors (Lipinski definition) is 3. The molecule has 0 spiro atoms. The summed E-state index contributed by atoms with van der Waals surface area (Å²) in [7, 11) is 0. The van der Waals surface area contributed by atoms with Crippen molar-refractivity contribution in [2.75, 3.05) is 13.3 Å². The Morgan fingerprint density at radius 1 is 0.590 bits per heavy atom. The zero-order chi connectivity index (χ0) is 28.7. The molecule has 232 valence electrons. The van der Waals surface area contributed by atoms with E-state index in [9.17, 15) is 15.0 Å². The van der Waals surface area contributed by atoms with Crippen molar-refractivity contribution in [3.63, 3.8) is 0 Å². The fourth-order valence-corrected chi connectivity index (χ4v) is 5.31. The van der Waals surface area contributed by atoms with Crippen LogP contribution in [0.3, 0.4) is 0 Å². The Morgan fingerprint density at radius 2 is 0.974 bits per heavy atom. The molecule has 0 rings (SSSR count). The van der Waals surface area contributed by atoms with Crippen LogP contribution in [0.25, 0.3) is 0 Å². The van der Waals surface area contributed by atoms with Crippen LogP contribution in [-0.4, -0.2) is 40.4 Å². The second-order valence-corrected chi connectivity index (χ2v) is 11.9. The van der Waals surface area contributed by atoms with Gasteiger partial charge in [-0.15, -0.1) is 0 Å². The van der Waals surface area contributed by atoms with Crippen LogP contribution in [0.2, 0.25) is 0 Å². The molecule has 0 bridgehead atoms. The molecule has 0 aromatic carbocycles. The molecule has 1 atom stereocenters. The van der Waals surface area contributed by atoms with Gasteiger partial charge in [-0.05, 0) is 38.5 Å². The molecule has 0 aromatic rings. The molecule has 0 radical (unpaired) electrons. The molecule has 0 aromatic heterocycles. The number of carbonyl (C=O) groups excluding carboxylic acids is 1. The molecule has 4 nitrogen and oxygen atoms in total. The Balaban J connectivity index is 3.59. The third-order valence-corrected chi connectivity index (χ3v) is 8.00. The number of allylic oxidation sites excluding steroid dienone is 2. The zero-order valence-corrected chi connectivity index (χ0v) is 26.5. The van der Waals surface area contributed by atoms with Gasteiger partial charge in [0, 0.05) is 13.0 Å². The van der Waals surface area contributed by atoms with Crippen LogP contribution in [0.4, 0.5) is 0 Å². The average Bonchev–Trinajstić information content (AvgIpc) is 2.94. The van der Waals surface area contributed by atoms with Gasteiger partial charge in [0.15, 0.2) is 0 Å². The highest BCUT2D eigenvalue weighted by molar-refractivity contribution is 5.76. The number of aliphatic hydroxyl groups excluding tert-OH is 2. The van der Waals surface area contributed by atoms with Crippen molar-refractivity contribution in [1.29, 1.82) is 0 Å². The van der Waals surface area contributed by atoms with Gasteiger partial charge in [-0.3, -0.25) is 4.79 Å². The van der Waals surface area contributed by atoms with Gasteiger partial charge in [-0.25, -0.2) is 0 Å². The molecule has 0 saturated carbocycles. The van der Waals surface area contributed by atoms with Gasteiger partial charge in [0.05, 0.1) is 6.10 Å². The van der Waals surface area contributed by atoms with Gasteiger partial charge < -0.3 is 15.1 Å². The van der Waals surface area contributed by atoms with E-state index in [1.807, 2.05) is 0 Å². The Bertz CT molecular complexity index is 522. The van der Waals surface area contributed by atoms with E-state index in [1.54, 1.807) is 0 Å². The number of unbranched alkanes of at least 4 members (excludes halogenated alkanes) is 22. The van der Waals surface area contributed by atoms with Gasteiger partial charge in [-0.1, -0.05) is 154 Å². The lowest BCUT2D eigenvalue weighted by molar-refractivity contribution is -0.136. The number of rotatable bonds is 31. The molecule has 0 aliphatic heterocycles. The van der Waals surface area contributed by atoms with E-state index in [2.05, 4.69) is 26.0 Å². The van der Waals surface area contributed by atoms with Crippen molar-refractivity contribution in [1.82, 2.24) is 4.90 Å². The van der Waals surface area contributed by atoms with Crippen LogP contribution in [0.1, 0.15) is 187 Å². The van der Waals surface area contributed by atoms with Crippen molar-refractivity contribution in [2.45, 2.75) is 193 Å². The van der Waals surface area contributed by atoms with Crippen molar-refractivity contribution in [2.24, 2.45) is 0 Å². The van der Waals surface area contributed by atoms with Crippen LogP contribution >= 0.6 is 0 Å². The van der Waals surface area contributed by atoms with Crippen molar-refractivity contribution in [3.8, 4) is 0 Å². The first-order valence-electron chi connectivity index (χ1n) is 17.4. The Hall–Kier alpha value is -0.870. The van der Waals surface area contributed by atoms with E-state index in [-0.39, 0.29) is 19.2 Å². The normalized spacial score (nSPS) is 12.4. The third-order valence-electron chi connectivity index (χ3n) is 8.00. The number of carbonyl (C=O) groups is 1. The van der Waals surface area contributed by atoms with Gasteiger partial charge >= 0.3 is 0 Å². The van der Waals surface area contributed by atoms with Crippen LogP contribution in [0, 0.1) is 0 Å². The summed E-state index contributed by atoms with van der Waals surface area (Å²) in [6.45, 7) is 4.50. The average molecular weight is 552 g/mol. The first-order valence-corrected chi connectivity index (χ1v) is 17.4. The minimum atomic E-state index is -0.529. The largest absolute Gasteiger partial charge is 0.391 e. The zero-order valence-electron chi connectivity index (χ0n) is 26.5. The summed E-state index contributed by atoms with van der Waals surface area (Å²) in [6.07, 6.45) is 37.1. The molecule has 0 heterocycles. The highest BCUT2D eigenvalue weighted by Gasteiger charge is 2.16. The fraction of sp³-hybridized carbons (Fsp3) is 0.914. The van der Waals surface area contributed by atoms with Crippen molar-refractivity contribution < 1.29 is 15.0 Å². The molecule has 39 heavy (non-hydrogen) atoms. The topological polar surface area (TPSA) is 60.8 Å². The molecule has 1 amide bonds.